The highest BCUT2D eigenvalue weighted by molar-refractivity contribution is 7.92. The molecule has 0 saturated carbocycles. The van der Waals surface area contributed by atoms with Crippen LogP contribution in [-0.2, 0) is 10.0 Å². The molecule has 0 unspecified atom stereocenters. The van der Waals surface area contributed by atoms with Crippen molar-refractivity contribution in [3.05, 3.63) is 50.6 Å². The van der Waals surface area contributed by atoms with Crippen LogP contribution < -0.4 is 4.72 Å². The molecule has 0 fully saturated rings. The molecule has 21 heavy (non-hydrogen) atoms. The summed E-state index contributed by atoms with van der Waals surface area (Å²) < 4.78 is 26.4. The molecule has 2 rings (SSSR count). The van der Waals surface area contributed by atoms with E-state index in [9.17, 15) is 18.5 Å². The standard InChI is InChI=1S/C10H6Cl2N4O4S/c11-7-2-1-6(16(17)18)5-8(7)21(19,20)15-10-4-3-9(12)13-14-10/h1-5H,(H,14,15). The Hall–Kier alpha value is -1.97. The lowest BCUT2D eigenvalue weighted by molar-refractivity contribution is -0.385. The van der Waals surface area contributed by atoms with Gasteiger partial charge in [-0.1, -0.05) is 23.2 Å². The summed E-state index contributed by atoms with van der Waals surface area (Å²) in [4.78, 5) is 9.54. The summed E-state index contributed by atoms with van der Waals surface area (Å²) in [7, 11) is -4.14. The Labute approximate surface area is 128 Å². The number of nitro groups is 1. The minimum atomic E-state index is -4.14. The van der Waals surface area contributed by atoms with E-state index >= 15 is 0 Å². The van der Waals surface area contributed by atoms with Crippen LogP contribution in [0.15, 0.2) is 35.2 Å². The summed E-state index contributed by atoms with van der Waals surface area (Å²) in [6, 6.07) is 5.71. The largest absolute Gasteiger partial charge is 0.270 e. The van der Waals surface area contributed by atoms with Gasteiger partial charge in [-0.15, -0.1) is 10.2 Å². The number of non-ortho nitro benzene ring substituents is 1. The first kappa shape index (κ1) is 15.4. The van der Waals surface area contributed by atoms with Gasteiger partial charge in [0.25, 0.3) is 15.7 Å². The van der Waals surface area contributed by atoms with E-state index in [1.807, 2.05) is 0 Å². The van der Waals surface area contributed by atoms with Gasteiger partial charge < -0.3 is 0 Å². The number of rotatable bonds is 4. The predicted octanol–water partition coefficient (Wildman–Crippen LogP) is 2.49. The van der Waals surface area contributed by atoms with Crippen molar-refractivity contribution in [1.29, 1.82) is 0 Å². The maximum atomic E-state index is 12.2. The van der Waals surface area contributed by atoms with E-state index in [1.165, 1.54) is 12.1 Å². The van der Waals surface area contributed by atoms with E-state index in [1.54, 1.807) is 0 Å². The van der Waals surface area contributed by atoms with E-state index in [0.29, 0.717) is 0 Å². The molecule has 0 saturated heterocycles. The molecule has 11 heteroatoms. The average Bonchev–Trinajstić information content (AvgIpc) is 2.41. The summed E-state index contributed by atoms with van der Waals surface area (Å²) in [6.07, 6.45) is 0. The maximum absolute atomic E-state index is 12.2. The SMILES string of the molecule is O=[N+]([O-])c1ccc(Cl)c(S(=O)(=O)Nc2ccc(Cl)nn2)c1. The molecule has 1 aromatic carbocycles. The van der Waals surface area contributed by atoms with Gasteiger partial charge in [-0.25, -0.2) is 8.42 Å². The number of benzene rings is 1. The van der Waals surface area contributed by atoms with Crippen molar-refractivity contribution < 1.29 is 13.3 Å². The van der Waals surface area contributed by atoms with E-state index in [4.69, 9.17) is 23.2 Å². The zero-order chi connectivity index (χ0) is 15.6. The van der Waals surface area contributed by atoms with Crippen molar-refractivity contribution in [1.82, 2.24) is 10.2 Å². The van der Waals surface area contributed by atoms with Gasteiger partial charge in [0.1, 0.15) is 4.90 Å². The van der Waals surface area contributed by atoms with Crippen molar-refractivity contribution in [3.63, 3.8) is 0 Å². The first-order valence-corrected chi connectivity index (χ1v) is 7.49. The Morgan fingerprint density at radius 1 is 1.14 bits per heavy atom. The van der Waals surface area contributed by atoms with Gasteiger partial charge in [-0.2, -0.15) is 0 Å². The predicted molar refractivity (Wildman–Crippen MR) is 76.0 cm³/mol. The third-order valence-electron chi connectivity index (χ3n) is 2.29. The molecule has 0 spiro atoms. The third-order valence-corrected chi connectivity index (χ3v) is 4.32. The molecular formula is C10H6Cl2N4O4S. The number of sulfonamides is 1. The number of nitrogens with one attached hydrogen (secondary N) is 1. The molecular weight excluding hydrogens is 343 g/mol. The number of nitro benzene ring substituents is 1. The average molecular weight is 349 g/mol. The summed E-state index contributed by atoms with van der Waals surface area (Å²) in [5.41, 5.74) is -0.401. The van der Waals surface area contributed by atoms with Crippen molar-refractivity contribution in [2.75, 3.05) is 4.72 Å². The lowest BCUT2D eigenvalue weighted by Gasteiger charge is -2.08. The Morgan fingerprint density at radius 3 is 2.43 bits per heavy atom. The minimum absolute atomic E-state index is 0.0892. The topological polar surface area (TPSA) is 115 Å². The van der Waals surface area contributed by atoms with Gasteiger partial charge >= 0.3 is 0 Å². The quantitative estimate of drug-likeness (QED) is 0.670. The van der Waals surface area contributed by atoms with Gasteiger partial charge in [0.05, 0.1) is 9.95 Å². The second kappa shape index (κ2) is 5.80. The molecule has 0 radical (unpaired) electrons. The fourth-order valence-electron chi connectivity index (χ4n) is 1.37. The monoisotopic (exact) mass is 348 g/mol. The van der Waals surface area contributed by atoms with E-state index in [2.05, 4.69) is 14.9 Å². The van der Waals surface area contributed by atoms with Crippen LogP contribution in [0.5, 0.6) is 0 Å². The normalized spacial score (nSPS) is 11.1. The van der Waals surface area contributed by atoms with Crippen LogP contribution in [0.2, 0.25) is 10.2 Å². The number of anilines is 1. The highest BCUT2D eigenvalue weighted by Gasteiger charge is 2.22. The Kier molecular flexibility index (Phi) is 4.26. The van der Waals surface area contributed by atoms with Crippen LogP contribution in [0.3, 0.4) is 0 Å². The van der Waals surface area contributed by atoms with Crippen LogP contribution in [0.4, 0.5) is 11.5 Å². The molecule has 0 bridgehead atoms. The minimum Gasteiger partial charge on any atom is -0.262 e. The third kappa shape index (κ3) is 3.57. The second-order valence-electron chi connectivity index (χ2n) is 3.72. The Balaban J connectivity index is 2.41. The first-order chi connectivity index (χ1) is 9.79. The fourth-order valence-corrected chi connectivity index (χ4v) is 2.99. The Bertz CT molecular complexity index is 795. The van der Waals surface area contributed by atoms with Gasteiger partial charge in [0.2, 0.25) is 0 Å². The van der Waals surface area contributed by atoms with E-state index in [-0.39, 0.29) is 16.0 Å². The Morgan fingerprint density at radius 2 is 1.86 bits per heavy atom. The highest BCUT2D eigenvalue weighted by Crippen LogP contribution is 2.27. The lowest BCUT2D eigenvalue weighted by atomic mass is 10.3. The van der Waals surface area contributed by atoms with Crippen LogP contribution in [0, 0.1) is 10.1 Å². The number of nitrogens with zero attached hydrogens (tertiary/aromatic N) is 3. The molecule has 8 nitrogen and oxygen atoms in total. The first-order valence-electron chi connectivity index (χ1n) is 5.25. The molecule has 0 aliphatic carbocycles. The van der Waals surface area contributed by atoms with Crippen LogP contribution in [-0.4, -0.2) is 23.5 Å². The van der Waals surface area contributed by atoms with Crippen molar-refractivity contribution in [2.45, 2.75) is 4.90 Å². The van der Waals surface area contributed by atoms with Crippen LogP contribution in [0.1, 0.15) is 0 Å². The van der Waals surface area contributed by atoms with Crippen molar-refractivity contribution >= 4 is 44.7 Å². The van der Waals surface area contributed by atoms with Gasteiger partial charge in [0.15, 0.2) is 11.0 Å². The number of aromatic nitrogens is 2. The van der Waals surface area contributed by atoms with Gasteiger partial charge in [0, 0.05) is 12.1 Å². The summed E-state index contributed by atoms with van der Waals surface area (Å²) in [5, 5.41) is 17.6. The molecule has 1 heterocycles. The van der Waals surface area contributed by atoms with Gasteiger partial charge in [-0.3, -0.25) is 14.8 Å². The smallest absolute Gasteiger partial charge is 0.262 e. The lowest BCUT2D eigenvalue weighted by Crippen LogP contribution is -2.15. The molecule has 0 atom stereocenters. The molecule has 1 N–H and O–H groups in total. The van der Waals surface area contributed by atoms with Crippen LogP contribution in [0.25, 0.3) is 0 Å². The molecule has 0 aliphatic rings. The van der Waals surface area contributed by atoms with Crippen molar-refractivity contribution in [3.8, 4) is 0 Å². The van der Waals surface area contributed by atoms with Crippen LogP contribution >= 0.6 is 23.2 Å². The molecule has 0 amide bonds. The van der Waals surface area contributed by atoms with Gasteiger partial charge in [-0.05, 0) is 18.2 Å². The molecule has 0 aliphatic heterocycles. The molecule has 1 aromatic heterocycles. The zero-order valence-electron chi connectivity index (χ0n) is 10.0. The number of hydrogen-bond donors (Lipinski definition) is 1. The highest BCUT2D eigenvalue weighted by atomic mass is 35.5. The number of hydrogen-bond acceptors (Lipinski definition) is 6. The number of halogens is 2. The second-order valence-corrected chi connectivity index (χ2v) is 6.16. The zero-order valence-corrected chi connectivity index (χ0v) is 12.4. The molecule has 2 aromatic rings. The summed E-state index contributed by atoms with van der Waals surface area (Å²) in [6.45, 7) is 0. The summed E-state index contributed by atoms with van der Waals surface area (Å²) >= 11 is 11.3. The van der Waals surface area contributed by atoms with E-state index < -0.39 is 25.5 Å². The maximum Gasteiger partial charge on any atom is 0.270 e. The summed E-state index contributed by atoms with van der Waals surface area (Å²) in [5.74, 6) is -0.0954. The molecule has 110 valence electrons. The van der Waals surface area contributed by atoms with E-state index in [0.717, 1.165) is 18.2 Å². The fraction of sp³-hybridized carbons (Fsp3) is 0. The van der Waals surface area contributed by atoms with Crippen molar-refractivity contribution in [2.24, 2.45) is 0 Å².